The Balaban J connectivity index is 1.44. The van der Waals surface area contributed by atoms with Gasteiger partial charge in [0.15, 0.2) is 0 Å². The first-order valence-electron chi connectivity index (χ1n) is 8.49. The fraction of sp³-hybridized carbons (Fsp3) is 0.400. The molecule has 2 aromatic rings. The van der Waals surface area contributed by atoms with Crippen LogP contribution in [0, 0.1) is 5.92 Å². The zero-order chi connectivity index (χ0) is 16.6. The summed E-state index contributed by atoms with van der Waals surface area (Å²) in [4.78, 5) is 0. The summed E-state index contributed by atoms with van der Waals surface area (Å²) in [5, 5.41) is 13.9. The summed E-state index contributed by atoms with van der Waals surface area (Å²) in [6.45, 7) is 3.03. The second kappa shape index (κ2) is 8.94. The minimum absolute atomic E-state index is 0.0447. The van der Waals surface area contributed by atoms with Crippen molar-refractivity contribution in [1.82, 2.24) is 5.32 Å². The van der Waals surface area contributed by atoms with E-state index in [1.807, 2.05) is 60.7 Å². The van der Waals surface area contributed by atoms with Crippen molar-refractivity contribution in [2.24, 2.45) is 5.92 Å². The van der Waals surface area contributed by atoms with E-state index in [1.54, 1.807) is 0 Å². The van der Waals surface area contributed by atoms with Crippen LogP contribution in [0.25, 0.3) is 0 Å². The Morgan fingerprint density at radius 2 is 1.50 bits per heavy atom. The maximum Gasteiger partial charge on any atom is 0.0966 e. The Labute approximate surface area is 143 Å². The van der Waals surface area contributed by atoms with Gasteiger partial charge in [0.25, 0.3) is 0 Å². The molecule has 2 N–H and O–H groups in total. The van der Waals surface area contributed by atoms with Gasteiger partial charge in [0.05, 0.1) is 32.0 Å². The molecule has 3 rings (SSSR count). The third kappa shape index (κ3) is 4.89. The van der Waals surface area contributed by atoms with Crippen molar-refractivity contribution < 1.29 is 14.6 Å². The topological polar surface area (TPSA) is 50.7 Å². The van der Waals surface area contributed by atoms with E-state index < -0.39 is 6.10 Å². The minimum atomic E-state index is -0.509. The molecule has 0 aromatic heterocycles. The van der Waals surface area contributed by atoms with Crippen LogP contribution in [-0.2, 0) is 22.7 Å². The molecule has 24 heavy (non-hydrogen) atoms. The average molecular weight is 327 g/mol. The highest BCUT2D eigenvalue weighted by atomic mass is 16.5. The van der Waals surface area contributed by atoms with Crippen molar-refractivity contribution in [3.63, 3.8) is 0 Å². The van der Waals surface area contributed by atoms with Crippen LogP contribution >= 0.6 is 0 Å². The first-order valence-corrected chi connectivity index (χ1v) is 8.49. The van der Waals surface area contributed by atoms with E-state index in [0.29, 0.717) is 26.4 Å². The van der Waals surface area contributed by atoms with E-state index in [4.69, 9.17) is 9.47 Å². The second-order valence-electron chi connectivity index (χ2n) is 6.24. The molecular weight excluding hydrogens is 302 g/mol. The van der Waals surface area contributed by atoms with Gasteiger partial charge in [-0.15, -0.1) is 0 Å². The molecule has 128 valence electrons. The number of nitrogens with one attached hydrogen (secondary N) is 1. The summed E-state index contributed by atoms with van der Waals surface area (Å²) in [6, 6.07) is 20.1. The lowest BCUT2D eigenvalue weighted by Gasteiger charge is -2.35. The molecule has 1 heterocycles. The van der Waals surface area contributed by atoms with Gasteiger partial charge in [-0.25, -0.2) is 0 Å². The largest absolute Gasteiger partial charge is 0.390 e. The number of aliphatic hydroxyl groups excluding tert-OH is 1. The van der Waals surface area contributed by atoms with Crippen LogP contribution in [0.3, 0.4) is 0 Å². The van der Waals surface area contributed by atoms with E-state index in [-0.39, 0.29) is 12.0 Å². The highest BCUT2D eigenvalue weighted by Crippen LogP contribution is 2.17. The molecule has 0 radical (unpaired) electrons. The third-order valence-electron chi connectivity index (χ3n) is 4.37. The minimum Gasteiger partial charge on any atom is -0.390 e. The van der Waals surface area contributed by atoms with Crippen molar-refractivity contribution >= 4 is 0 Å². The SMILES string of the molecule is O[C@@H]1C(COCc2ccccc2)CNCC1OCc1ccccc1. The summed E-state index contributed by atoms with van der Waals surface area (Å²) in [6.07, 6.45) is -0.713. The van der Waals surface area contributed by atoms with E-state index in [9.17, 15) is 5.11 Å². The predicted octanol–water partition coefficient (Wildman–Crippen LogP) is 2.37. The van der Waals surface area contributed by atoms with E-state index >= 15 is 0 Å². The van der Waals surface area contributed by atoms with Crippen LogP contribution in [0.2, 0.25) is 0 Å². The van der Waals surface area contributed by atoms with Crippen LogP contribution in [0.5, 0.6) is 0 Å². The summed E-state index contributed by atoms with van der Waals surface area (Å²) in [7, 11) is 0. The van der Waals surface area contributed by atoms with Gasteiger partial charge < -0.3 is 19.9 Å². The first-order chi connectivity index (χ1) is 11.8. The molecule has 4 heteroatoms. The predicted molar refractivity (Wildman–Crippen MR) is 93.5 cm³/mol. The van der Waals surface area contributed by atoms with Crippen molar-refractivity contribution in [2.45, 2.75) is 25.4 Å². The van der Waals surface area contributed by atoms with Gasteiger partial charge in [-0.05, 0) is 11.1 Å². The van der Waals surface area contributed by atoms with Gasteiger partial charge in [0, 0.05) is 19.0 Å². The quantitative estimate of drug-likeness (QED) is 0.820. The molecule has 1 aliphatic rings. The van der Waals surface area contributed by atoms with Crippen molar-refractivity contribution in [2.75, 3.05) is 19.7 Å². The van der Waals surface area contributed by atoms with Crippen molar-refractivity contribution in [1.29, 1.82) is 0 Å². The number of ether oxygens (including phenoxy) is 2. The fourth-order valence-electron chi connectivity index (χ4n) is 2.95. The zero-order valence-electron chi connectivity index (χ0n) is 13.8. The lowest BCUT2D eigenvalue weighted by molar-refractivity contribution is -0.0985. The van der Waals surface area contributed by atoms with E-state index in [1.165, 1.54) is 0 Å². The lowest BCUT2D eigenvalue weighted by atomic mass is 9.94. The molecule has 2 aromatic carbocycles. The standard InChI is InChI=1S/C20H25NO3/c22-20-18(15-23-13-16-7-3-1-4-8-16)11-21-12-19(20)24-14-17-9-5-2-6-10-17/h1-10,18-22H,11-15H2/t18?,19?,20-/m1/s1. The molecule has 0 bridgehead atoms. The van der Waals surface area contributed by atoms with Gasteiger partial charge in [0.2, 0.25) is 0 Å². The molecule has 1 saturated heterocycles. The van der Waals surface area contributed by atoms with E-state index in [0.717, 1.165) is 17.7 Å². The summed E-state index contributed by atoms with van der Waals surface area (Å²) in [5.41, 5.74) is 2.26. The molecule has 1 fully saturated rings. The molecule has 1 aliphatic heterocycles. The number of hydrogen-bond donors (Lipinski definition) is 2. The Morgan fingerprint density at radius 3 is 2.17 bits per heavy atom. The van der Waals surface area contributed by atoms with Crippen molar-refractivity contribution in [3.05, 3.63) is 71.8 Å². The molecule has 0 aliphatic carbocycles. The smallest absolute Gasteiger partial charge is 0.0966 e. The number of benzene rings is 2. The van der Waals surface area contributed by atoms with Crippen LogP contribution in [0.1, 0.15) is 11.1 Å². The molecule has 0 spiro atoms. The van der Waals surface area contributed by atoms with Crippen LogP contribution in [-0.4, -0.2) is 37.0 Å². The van der Waals surface area contributed by atoms with Crippen LogP contribution in [0.4, 0.5) is 0 Å². The molecule has 2 unspecified atom stereocenters. The Bertz CT molecular complexity index is 590. The van der Waals surface area contributed by atoms with Gasteiger partial charge in [-0.1, -0.05) is 60.7 Å². The highest BCUT2D eigenvalue weighted by Gasteiger charge is 2.32. The van der Waals surface area contributed by atoms with Crippen LogP contribution in [0.15, 0.2) is 60.7 Å². The zero-order valence-corrected chi connectivity index (χ0v) is 13.8. The normalized spacial score (nSPS) is 24.0. The molecular formula is C20H25NO3. The third-order valence-corrected chi connectivity index (χ3v) is 4.37. The van der Waals surface area contributed by atoms with Gasteiger partial charge in [0.1, 0.15) is 0 Å². The maximum absolute atomic E-state index is 10.6. The molecule has 3 atom stereocenters. The monoisotopic (exact) mass is 327 g/mol. The molecule has 4 nitrogen and oxygen atoms in total. The van der Waals surface area contributed by atoms with E-state index in [2.05, 4.69) is 5.32 Å². The second-order valence-corrected chi connectivity index (χ2v) is 6.24. The summed E-state index contributed by atoms with van der Waals surface area (Å²) in [5.74, 6) is 0.0447. The Morgan fingerprint density at radius 1 is 0.875 bits per heavy atom. The molecule has 0 amide bonds. The lowest BCUT2D eigenvalue weighted by Crippen LogP contribution is -2.52. The molecule has 0 saturated carbocycles. The Kier molecular flexibility index (Phi) is 6.38. The first kappa shape index (κ1) is 17.1. The average Bonchev–Trinajstić information content (AvgIpc) is 2.64. The Hall–Kier alpha value is -1.72. The maximum atomic E-state index is 10.6. The van der Waals surface area contributed by atoms with Gasteiger partial charge in [-0.3, -0.25) is 0 Å². The van der Waals surface area contributed by atoms with Crippen LogP contribution < -0.4 is 5.32 Å². The number of hydrogen-bond acceptors (Lipinski definition) is 4. The van der Waals surface area contributed by atoms with Crippen molar-refractivity contribution in [3.8, 4) is 0 Å². The number of piperidine rings is 1. The highest BCUT2D eigenvalue weighted by molar-refractivity contribution is 5.14. The number of aliphatic hydroxyl groups is 1. The number of rotatable bonds is 7. The van der Waals surface area contributed by atoms with Gasteiger partial charge in [-0.2, -0.15) is 0 Å². The fourth-order valence-corrected chi connectivity index (χ4v) is 2.95. The summed E-state index contributed by atoms with van der Waals surface area (Å²) < 4.78 is 11.7. The van der Waals surface area contributed by atoms with Gasteiger partial charge >= 0.3 is 0 Å². The summed E-state index contributed by atoms with van der Waals surface area (Å²) >= 11 is 0.